The summed E-state index contributed by atoms with van der Waals surface area (Å²) in [6, 6.07) is 0. The molecule has 13 heavy (non-hydrogen) atoms. The second kappa shape index (κ2) is 3.00. The van der Waals surface area contributed by atoms with E-state index in [-0.39, 0.29) is 5.92 Å². The molecule has 1 N–H and O–H groups in total. The number of hydrogen-bond donors (Lipinski definition) is 1. The molecule has 0 heterocycles. The highest BCUT2D eigenvalue weighted by Gasteiger charge is 2.52. The van der Waals surface area contributed by atoms with Crippen molar-refractivity contribution in [2.45, 2.75) is 33.1 Å². The van der Waals surface area contributed by atoms with E-state index in [0.29, 0.717) is 17.8 Å². The Hall–Kier alpha value is -0.530. The fourth-order valence-corrected chi connectivity index (χ4v) is 3.71. The second-order valence-electron chi connectivity index (χ2n) is 4.77. The molecule has 0 spiro atoms. The van der Waals surface area contributed by atoms with E-state index in [2.05, 4.69) is 13.8 Å². The van der Waals surface area contributed by atoms with Crippen molar-refractivity contribution in [3.05, 3.63) is 0 Å². The van der Waals surface area contributed by atoms with Crippen LogP contribution in [-0.2, 0) is 4.79 Å². The molecule has 2 rings (SSSR count). The monoisotopic (exact) mass is 182 g/mol. The van der Waals surface area contributed by atoms with Gasteiger partial charge in [0.15, 0.2) is 0 Å². The lowest BCUT2D eigenvalue weighted by Crippen LogP contribution is -2.30. The summed E-state index contributed by atoms with van der Waals surface area (Å²) >= 11 is 0. The number of carboxylic acids is 1. The van der Waals surface area contributed by atoms with Gasteiger partial charge >= 0.3 is 5.97 Å². The Kier molecular flexibility index (Phi) is 2.09. The van der Waals surface area contributed by atoms with Crippen LogP contribution in [0.5, 0.6) is 0 Å². The third-order valence-corrected chi connectivity index (χ3v) is 4.41. The van der Waals surface area contributed by atoms with Gasteiger partial charge in [0.1, 0.15) is 0 Å². The highest BCUT2D eigenvalue weighted by molar-refractivity contribution is 5.71. The summed E-state index contributed by atoms with van der Waals surface area (Å²) < 4.78 is 0. The van der Waals surface area contributed by atoms with E-state index in [1.165, 1.54) is 6.42 Å². The van der Waals surface area contributed by atoms with Gasteiger partial charge in [-0.15, -0.1) is 0 Å². The molecule has 0 radical (unpaired) electrons. The lowest BCUT2D eigenvalue weighted by molar-refractivity contribution is -0.144. The number of aliphatic carboxylic acids is 1. The Morgan fingerprint density at radius 2 is 2.15 bits per heavy atom. The van der Waals surface area contributed by atoms with Crippen LogP contribution in [0.15, 0.2) is 0 Å². The van der Waals surface area contributed by atoms with Gasteiger partial charge in [-0.2, -0.15) is 0 Å². The molecule has 0 aromatic rings. The molecule has 2 fully saturated rings. The summed E-state index contributed by atoms with van der Waals surface area (Å²) in [5.74, 6) is 2.06. The SMILES string of the molecule is CCC1C(C)C2CC(C(=O)O)C1C2. The maximum atomic E-state index is 11.0. The zero-order valence-electron chi connectivity index (χ0n) is 8.36. The van der Waals surface area contributed by atoms with Crippen molar-refractivity contribution in [2.24, 2.45) is 29.6 Å². The number of carbonyl (C=O) groups is 1. The Morgan fingerprint density at radius 1 is 1.46 bits per heavy atom. The van der Waals surface area contributed by atoms with Gasteiger partial charge in [-0.1, -0.05) is 20.3 Å². The third-order valence-electron chi connectivity index (χ3n) is 4.41. The van der Waals surface area contributed by atoms with Crippen LogP contribution in [-0.4, -0.2) is 11.1 Å². The zero-order valence-corrected chi connectivity index (χ0v) is 8.36. The molecule has 0 aliphatic heterocycles. The predicted octanol–water partition coefficient (Wildman–Crippen LogP) is 2.39. The largest absolute Gasteiger partial charge is 0.481 e. The maximum absolute atomic E-state index is 11.0. The van der Waals surface area contributed by atoms with E-state index in [4.69, 9.17) is 5.11 Å². The van der Waals surface area contributed by atoms with Gasteiger partial charge in [0.2, 0.25) is 0 Å². The van der Waals surface area contributed by atoms with Gasteiger partial charge in [0, 0.05) is 0 Å². The minimum absolute atomic E-state index is 0.0221. The minimum atomic E-state index is -0.558. The Balaban J connectivity index is 2.14. The molecule has 0 aromatic heterocycles. The summed E-state index contributed by atoms with van der Waals surface area (Å²) in [6.07, 6.45) is 3.28. The van der Waals surface area contributed by atoms with Gasteiger partial charge in [-0.25, -0.2) is 0 Å². The fourth-order valence-electron chi connectivity index (χ4n) is 3.71. The first-order valence-corrected chi connectivity index (χ1v) is 5.38. The van der Waals surface area contributed by atoms with Crippen LogP contribution in [0.2, 0.25) is 0 Å². The van der Waals surface area contributed by atoms with Crippen molar-refractivity contribution in [3.63, 3.8) is 0 Å². The minimum Gasteiger partial charge on any atom is -0.481 e. The zero-order chi connectivity index (χ0) is 9.59. The lowest BCUT2D eigenvalue weighted by atomic mass is 9.73. The quantitative estimate of drug-likeness (QED) is 0.712. The van der Waals surface area contributed by atoms with Crippen molar-refractivity contribution < 1.29 is 9.90 Å². The van der Waals surface area contributed by atoms with E-state index < -0.39 is 5.97 Å². The molecular formula is C11H18O2. The second-order valence-corrected chi connectivity index (χ2v) is 4.77. The molecule has 2 heteroatoms. The van der Waals surface area contributed by atoms with Crippen LogP contribution in [0.4, 0.5) is 0 Å². The molecule has 2 nitrogen and oxygen atoms in total. The van der Waals surface area contributed by atoms with Gasteiger partial charge in [-0.3, -0.25) is 4.79 Å². The predicted molar refractivity (Wildman–Crippen MR) is 50.3 cm³/mol. The van der Waals surface area contributed by atoms with Crippen molar-refractivity contribution in [1.82, 2.24) is 0 Å². The van der Waals surface area contributed by atoms with Crippen LogP contribution < -0.4 is 0 Å². The molecule has 2 saturated carbocycles. The van der Waals surface area contributed by atoms with Crippen LogP contribution in [0.1, 0.15) is 33.1 Å². The maximum Gasteiger partial charge on any atom is 0.306 e. The molecule has 2 aliphatic rings. The first-order valence-electron chi connectivity index (χ1n) is 5.38. The highest BCUT2D eigenvalue weighted by Crippen LogP contribution is 2.56. The number of hydrogen-bond acceptors (Lipinski definition) is 1. The highest BCUT2D eigenvalue weighted by atomic mass is 16.4. The van der Waals surface area contributed by atoms with E-state index in [9.17, 15) is 4.79 Å². The lowest BCUT2D eigenvalue weighted by Gasteiger charge is -2.31. The molecule has 5 unspecified atom stereocenters. The van der Waals surface area contributed by atoms with E-state index in [0.717, 1.165) is 18.8 Å². The average molecular weight is 182 g/mol. The van der Waals surface area contributed by atoms with Gasteiger partial charge in [0.25, 0.3) is 0 Å². The Labute approximate surface area is 79.3 Å². The summed E-state index contributed by atoms with van der Waals surface area (Å²) in [4.78, 5) is 11.0. The molecule has 74 valence electrons. The van der Waals surface area contributed by atoms with Crippen LogP contribution in [0, 0.1) is 29.6 Å². The molecule has 2 aliphatic carbocycles. The number of carboxylic acid groups (broad SMARTS) is 1. The van der Waals surface area contributed by atoms with Gasteiger partial charge < -0.3 is 5.11 Å². The molecular weight excluding hydrogens is 164 g/mol. The summed E-state index contributed by atoms with van der Waals surface area (Å²) in [7, 11) is 0. The molecule has 2 bridgehead atoms. The molecule has 0 amide bonds. The normalized spacial score (nSPS) is 48.3. The van der Waals surface area contributed by atoms with Crippen molar-refractivity contribution >= 4 is 5.97 Å². The number of rotatable bonds is 2. The smallest absolute Gasteiger partial charge is 0.306 e. The van der Waals surface area contributed by atoms with Crippen LogP contribution in [0.3, 0.4) is 0 Å². The summed E-state index contributed by atoms with van der Waals surface area (Å²) in [5, 5.41) is 9.03. The Morgan fingerprint density at radius 3 is 2.62 bits per heavy atom. The van der Waals surface area contributed by atoms with Gasteiger partial charge in [0.05, 0.1) is 5.92 Å². The first kappa shape index (κ1) is 9.04. The van der Waals surface area contributed by atoms with Crippen molar-refractivity contribution in [1.29, 1.82) is 0 Å². The van der Waals surface area contributed by atoms with Crippen molar-refractivity contribution in [3.8, 4) is 0 Å². The average Bonchev–Trinajstić information content (AvgIpc) is 2.60. The molecule has 5 atom stereocenters. The van der Waals surface area contributed by atoms with E-state index >= 15 is 0 Å². The third kappa shape index (κ3) is 1.18. The Bertz CT molecular complexity index is 224. The summed E-state index contributed by atoms with van der Waals surface area (Å²) in [6.45, 7) is 4.50. The topological polar surface area (TPSA) is 37.3 Å². The van der Waals surface area contributed by atoms with Crippen LogP contribution in [0.25, 0.3) is 0 Å². The van der Waals surface area contributed by atoms with Crippen LogP contribution >= 0.6 is 0 Å². The van der Waals surface area contributed by atoms with E-state index in [1.807, 2.05) is 0 Å². The fraction of sp³-hybridized carbons (Fsp3) is 0.909. The van der Waals surface area contributed by atoms with E-state index in [1.54, 1.807) is 0 Å². The first-order chi connectivity index (χ1) is 6.15. The summed E-state index contributed by atoms with van der Waals surface area (Å²) in [5.41, 5.74) is 0. The number of fused-ring (bicyclic) bond motifs is 2. The van der Waals surface area contributed by atoms with Crippen molar-refractivity contribution in [2.75, 3.05) is 0 Å². The standard InChI is InChI=1S/C11H18O2/c1-3-8-6(2)7-4-9(8)10(5-7)11(12)13/h6-10H,3-5H2,1-2H3,(H,12,13). The molecule has 0 saturated heterocycles. The van der Waals surface area contributed by atoms with Gasteiger partial charge in [-0.05, 0) is 36.5 Å². The molecule has 0 aromatic carbocycles.